The van der Waals surface area contributed by atoms with Crippen LogP contribution < -0.4 is 10.6 Å². The molecule has 0 N–H and O–H groups in total. The monoisotopic (exact) mass is 342 g/mol. The van der Waals surface area contributed by atoms with Crippen LogP contribution in [0, 0.1) is 0 Å². The van der Waals surface area contributed by atoms with Crippen molar-refractivity contribution in [3.05, 3.63) is 96.8 Å². The number of benzene rings is 2. The molecule has 1 unspecified atom stereocenters. The standard InChI is InChI=1S/C20H19OP.ClH/c1-21-16-17-10-8-9-15-20(17)22(18-11-4-2-5-12-18)19-13-6-3-7-14-19;/h2-16,20H,1H3;1H. The molecule has 0 bridgehead atoms. The molecule has 2 aromatic rings. The molecule has 2 aromatic carbocycles. The molecule has 0 aromatic heterocycles. The van der Waals surface area contributed by atoms with Crippen molar-refractivity contribution in [3.8, 4) is 0 Å². The zero-order valence-electron chi connectivity index (χ0n) is 13.0. The largest absolute Gasteiger partial charge is 0.504 e. The second-order valence-corrected chi connectivity index (χ2v) is 7.41. The predicted molar refractivity (Wildman–Crippen MR) is 103 cm³/mol. The van der Waals surface area contributed by atoms with Crippen molar-refractivity contribution in [1.82, 2.24) is 0 Å². The first-order valence-electron chi connectivity index (χ1n) is 7.37. The van der Waals surface area contributed by atoms with Crippen LogP contribution in [0.15, 0.2) is 96.8 Å². The third kappa shape index (κ3) is 4.13. The predicted octanol–water partition coefficient (Wildman–Crippen LogP) is 4.57. The highest BCUT2D eigenvalue weighted by Crippen LogP contribution is 2.45. The second kappa shape index (κ2) is 8.72. The van der Waals surface area contributed by atoms with Gasteiger partial charge in [-0.3, -0.25) is 0 Å². The van der Waals surface area contributed by atoms with Gasteiger partial charge in [-0.15, -0.1) is 12.4 Å². The highest BCUT2D eigenvalue weighted by atomic mass is 35.5. The summed E-state index contributed by atoms with van der Waals surface area (Å²) in [4.78, 5) is 0. The molecule has 3 rings (SSSR count). The lowest BCUT2D eigenvalue weighted by atomic mass is 10.1. The summed E-state index contributed by atoms with van der Waals surface area (Å²) in [6.45, 7) is 0. The second-order valence-electron chi connectivity index (χ2n) is 5.08. The van der Waals surface area contributed by atoms with Crippen LogP contribution in [0.25, 0.3) is 0 Å². The zero-order valence-corrected chi connectivity index (χ0v) is 14.7. The van der Waals surface area contributed by atoms with E-state index in [4.69, 9.17) is 4.74 Å². The van der Waals surface area contributed by atoms with Gasteiger partial charge in [-0.05, 0) is 24.1 Å². The van der Waals surface area contributed by atoms with Gasteiger partial charge >= 0.3 is 0 Å². The fourth-order valence-electron chi connectivity index (χ4n) is 2.67. The molecule has 1 atom stereocenters. The molecule has 0 heterocycles. The maximum Gasteiger partial charge on any atom is 0.0866 e. The molecule has 118 valence electrons. The van der Waals surface area contributed by atoms with Crippen LogP contribution in [-0.2, 0) is 4.74 Å². The Morgan fingerprint density at radius 2 is 1.43 bits per heavy atom. The number of halogens is 1. The number of hydrogen-bond donors (Lipinski definition) is 0. The molecule has 1 nitrogen and oxygen atoms in total. The summed E-state index contributed by atoms with van der Waals surface area (Å²) in [5.74, 6) is 0. The average molecular weight is 343 g/mol. The van der Waals surface area contributed by atoms with Crippen LogP contribution >= 0.6 is 20.3 Å². The summed E-state index contributed by atoms with van der Waals surface area (Å²) >= 11 is 0. The number of hydrogen-bond acceptors (Lipinski definition) is 1. The van der Waals surface area contributed by atoms with Crippen molar-refractivity contribution in [2.45, 2.75) is 5.66 Å². The SMILES string of the molecule is COC=C1C=CC=CC1P(c1ccccc1)c1ccccc1.Cl. The molecule has 0 fully saturated rings. The van der Waals surface area contributed by atoms with Gasteiger partial charge in [-0.25, -0.2) is 0 Å². The van der Waals surface area contributed by atoms with Crippen LogP contribution in [0.2, 0.25) is 0 Å². The van der Waals surface area contributed by atoms with Crippen LogP contribution in [0.5, 0.6) is 0 Å². The molecule has 0 saturated carbocycles. The first kappa shape index (κ1) is 17.5. The van der Waals surface area contributed by atoms with Gasteiger partial charge < -0.3 is 4.74 Å². The normalized spacial score (nSPS) is 18.0. The lowest BCUT2D eigenvalue weighted by molar-refractivity contribution is 0.334. The Kier molecular flexibility index (Phi) is 6.65. The highest BCUT2D eigenvalue weighted by molar-refractivity contribution is 7.74. The molecule has 1 aliphatic carbocycles. The van der Waals surface area contributed by atoms with E-state index in [1.54, 1.807) is 7.11 Å². The van der Waals surface area contributed by atoms with E-state index in [0.717, 1.165) is 0 Å². The summed E-state index contributed by atoms with van der Waals surface area (Å²) in [7, 11) is 1.21. The van der Waals surface area contributed by atoms with Crippen molar-refractivity contribution in [3.63, 3.8) is 0 Å². The van der Waals surface area contributed by atoms with Gasteiger partial charge in [0.05, 0.1) is 13.4 Å². The summed E-state index contributed by atoms with van der Waals surface area (Å²) in [5.41, 5.74) is 1.56. The van der Waals surface area contributed by atoms with Crippen LogP contribution in [0.1, 0.15) is 0 Å². The Bertz CT molecular complexity index is 653. The molecular weight excluding hydrogens is 323 g/mol. The Labute approximate surface area is 145 Å². The zero-order chi connectivity index (χ0) is 15.2. The van der Waals surface area contributed by atoms with Crippen molar-refractivity contribution in [2.75, 3.05) is 7.11 Å². The molecule has 1 aliphatic rings. The van der Waals surface area contributed by atoms with Gasteiger partial charge in [0.2, 0.25) is 0 Å². The minimum Gasteiger partial charge on any atom is -0.504 e. The molecule has 0 spiro atoms. The third-order valence-electron chi connectivity index (χ3n) is 3.64. The van der Waals surface area contributed by atoms with Gasteiger partial charge in [0.15, 0.2) is 0 Å². The maximum absolute atomic E-state index is 5.30. The minimum absolute atomic E-state index is 0. The molecule has 0 amide bonds. The number of allylic oxidation sites excluding steroid dienone is 5. The van der Waals surface area contributed by atoms with Crippen molar-refractivity contribution >= 4 is 30.9 Å². The number of ether oxygens (including phenoxy) is 1. The average Bonchev–Trinajstić information content (AvgIpc) is 2.59. The van der Waals surface area contributed by atoms with Gasteiger partial charge in [-0.2, -0.15) is 0 Å². The topological polar surface area (TPSA) is 9.23 Å². The Morgan fingerprint density at radius 1 is 0.870 bits per heavy atom. The molecular formula is C20H20ClOP. The van der Waals surface area contributed by atoms with Crippen molar-refractivity contribution in [2.24, 2.45) is 0 Å². The fraction of sp³-hybridized carbons (Fsp3) is 0.100. The van der Waals surface area contributed by atoms with E-state index in [0.29, 0.717) is 5.66 Å². The van der Waals surface area contributed by atoms with Crippen LogP contribution in [0.4, 0.5) is 0 Å². The van der Waals surface area contributed by atoms with Gasteiger partial charge in [0, 0.05) is 5.66 Å². The minimum atomic E-state index is -0.506. The Hall–Kier alpha value is -1.82. The first-order chi connectivity index (χ1) is 10.9. The quantitative estimate of drug-likeness (QED) is 0.584. The molecule has 0 aliphatic heterocycles. The van der Waals surface area contributed by atoms with E-state index in [9.17, 15) is 0 Å². The van der Waals surface area contributed by atoms with E-state index >= 15 is 0 Å². The summed E-state index contributed by atoms with van der Waals surface area (Å²) in [6.07, 6.45) is 10.5. The van der Waals surface area contributed by atoms with E-state index in [1.165, 1.54) is 16.2 Å². The molecule has 0 radical (unpaired) electrons. The third-order valence-corrected chi connectivity index (χ3v) is 6.37. The lowest BCUT2D eigenvalue weighted by Gasteiger charge is -2.28. The number of methoxy groups -OCH3 is 1. The summed E-state index contributed by atoms with van der Waals surface area (Å²) in [5, 5.41) is 2.77. The van der Waals surface area contributed by atoms with Gasteiger partial charge in [0.25, 0.3) is 0 Å². The number of rotatable bonds is 4. The molecule has 0 saturated heterocycles. The van der Waals surface area contributed by atoms with Gasteiger partial charge in [-0.1, -0.05) is 85.0 Å². The Morgan fingerprint density at radius 3 is 1.96 bits per heavy atom. The van der Waals surface area contributed by atoms with Crippen LogP contribution in [-0.4, -0.2) is 12.8 Å². The van der Waals surface area contributed by atoms with Crippen molar-refractivity contribution < 1.29 is 4.74 Å². The van der Waals surface area contributed by atoms with E-state index < -0.39 is 7.92 Å². The van der Waals surface area contributed by atoms with Crippen LogP contribution in [0.3, 0.4) is 0 Å². The first-order valence-corrected chi connectivity index (χ1v) is 8.78. The lowest BCUT2D eigenvalue weighted by Crippen LogP contribution is -2.22. The van der Waals surface area contributed by atoms with E-state index in [2.05, 4.69) is 85.0 Å². The van der Waals surface area contributed by atoms with Gasteiger partial charge in [0.1, 0.15) is 0 Å². The highest BCUT2D eigenvalue weighted by Gasteiger charge is 2.25. The fourth-order valence-corrected chi connectivity index (χ4v) is 5.32. The van der Waals surface area contributed by atoms with Crippen molar-refractivity contribution in [1.29, 1.82) is 0 Å². The van der Waals surface area contributed by atoms with E-state index in [1.807, 2.05) is 6.26 Å². The molecule has 23 heavy (non-hydrogen) atoms. The summed E-state index contributed by atoms with van der Waals surface area (Å²) < 4.78 is 5.30. The maximum atomic E-state index is 5.30. The smallest absolute Gasteiger partial charge is 0.0866 e. The molecule has 3 heteroatoms. The summed E-state index contributed by atoms with van der Waals surface area (Å²) in [6, 6.07) is 21.6. The Balaban J connectivity index is 0.00000192. The van der Waals surface area contributed by atoms with E-state index in [-0.39, 0.29) is 12.4 Å².